The summed E-state index contributed by atoms with van der Waals surface area (Å²) in [4.78, 5) is 1.75. The third kappa shape index (κ3) is 3.76. The van der Waals surface area contributed by atoms with Gasteiger partial charge in [-0.05, 0) is 18.5 Å². The molecular weight excluding hydrogens is 223 g/mol. The molecule has 0 aromatic carbocycles. The van der Waals surface area contributed by atoms with E-state index < -0.39 is 0 Å². The Balaban J connectivity index is 5.14. The van der Waals surface area contributed by atoms with Gasteiger partial charge in [-0.15, -0.1) is 0 Å². The second-order valence-corrected chi connectivity index (χ2v) is 3.85. The molecule has 14 heavy (non-hydrogen) atoms. The van der Waals surface area contributed by atoms with Gasteiger partial charge in [0.1, 0.15) is 14.1 Å². The second kappa shape index (κ2) is 6.14. The van der Waals surface area contributed by atoms with Crippen LogP contribution in [0.5, 0.6) is 0 Å². The van der Waals surface area contributed by atoms with Gasteiger partial charge < -0.3 is 9.64 Å². The maximum absolute atomic E-state index is 6.05. The fourth-order valence-electron chi connectivity index (χ4n) is 0.755. The van der Waals surface area contributed by atoms with Gasteiger partial charge in [-0.2, -0.15) is 0 Å². The summed E-state index contributed by atoms with van der Waals surface area (Å²) >= 11 is 12.1. The molecule has 0 amide bonds. The molecule has 0 spiro atoms. The van der Waals surface area contributed by atoms with Crippen LogP contribution >= 0.6 is 23.2 Å². The van der Waals surface area contributed by atoms with Crippen LogP contribution in [0.15, 0.2) is 10.9 Å². The summed E-state index contributed by atoms with van der Waals surface area (Å²) < 4.78 is 7.13. The summed E-state index contributed by atoms with van der Waals surface area (Å²) in [6.45, 7) is 2.42. The smallest absolute Gasteiger partial charge is 0.315 e. The SMILES string of the molecule is CCO/C(C(Cl)=[N+](C)C)=C(/Cl)N(C)C. The number of halogens is 2. The number of ether oxygens (including phenoxy) is 1. The van der Waals surface area contributed by atoms with Gasteiger partial charge in [-0.1, -0.05) is 11.6 Å². The zero-order chi connectivity index (χ0) is 11.3. The summed E-state index contributed by atoms with van der Waals surface area (Å²) in [5.41, 5.74) is 0. The normalized spacial score (nSPS) is 11.9. The molecule has 0 aliphatic heterocycles. The largest absolute Gasteiger partial charge is 0.484 e. The molecule has 0 saturated heterocycles. The van der Waals surface area contributed by atoms with E-state index in [4.69, 9.17) is 27.9 Å². The van der Waals surface area contributed by atoms with Crippen molar-refractivity contribution in [3.05, 3.63) is 10.9 Å². The minimum Gasteiger partial charge on any atom is -0.484 e. The average molecular weight is 240 g/mol. The lowest BCUT2D eigenvalue weighted by Crippen LogP contribution is -2.18. The standard InChI is InChI=1S/C9H17Cl2N2O/c1-6-14-7(8(10)12(2)3)9(11)13(4)5/h6H2,1-5H3/q+1. The zero-order valence-electron chi connectivity index (χ0n) is 9.27. The van der Waals surface area contributed by atoms with Gasteiger partial charge in [-0.25, -0.2) is 4.58 Å². The fraction of sp³-hybridized carbons (Fsp3) is 0.667. The Kier molecular flexibility index (Phi) is 5.96. The van der Waals surface area contributed by atoms with Gasteiger partial charge >= 0.3 is 5.17 Å². The molecule has 0 fully saturated rings. The Hall–Kier alpha value is -0.410. The van der Waals surface area contributed by atoms with Crippen LogP contribution in [0, 0.1) is 0 Å². The third-order valence-corrected chi connectivity index (χ3v) is 2.47. The first kappa shape index (κ1) is 13.6. The van der Waals surface area contributed by atoms with Crippen molar-refractivity contribution in [2.75, 3.05) is 34.8 Å². The van der Waals surface area contributed by atoms with E-state index in [1.165, 1.54) is 0 Å². The van der Waals surface area contributed by atoms with Crippen LogP contribution in [-0.4, -0.2) is 49.4 Å². The lowest BCUT2D eigenvalue weighted by molar-refractivity contribution is -0.462. The number of hydrogen-bond acceptors (Lipinski definition) is 2. The number of nitrogens with zero attached hydrogens (tertiary/aromatic N) is 2. The van der Waals surface area contributed by atoms with E-state index in [2.05, 4.69) is 0 Å². The van der Waals surface area contributed by atoms with Crippen LogP contribution in [0.1, 0.15) is 6.92 Å². The van der Waals surface area contributed by atoms with E-state index in [1.807, 2.05) is 35.1 Å². The Bertz CT molecular complexity index is 256. The highest BCUT2D eigenvalue weighted by Gasteiger charge is 2.19. The van der Waals surface area contributed by atoms with Crippen molar-refractivity contribution in [3.63, 3.8) is 0 Å². The van der Waals surface area contributed by atoms with Crippen molar-refractivity contribution in [3.8, 4) is 0 Å². The molecule has 0 heterocycles. The summed E-state index contributed by atoms with van der Waals surface area (Å²) in [5, 5.41) is 0.983. The van der Waals surface area contributed by atoms with Crippen molar-refractivity contribution in [1.29, 1.82) is 0 Å². The molecular formula is C9H17Cl2N2O+. The molecule has 3 nitrogen and oxygen atoms in total. The van der Waals surface area contributed by atoms with Gasteiger partial charge in [0.25, 0.3) is 0 Å². The third-order valence-electron chi connectivity index (χ3n) is 1.45. The molecule has 0 N–H and O–H groups in total. The predicted octanol–water partition coefficient (Wildman–Crippen LogP) is 1.90. The monoisotopic (exact) mass is 239 g/mol. The molecule has 0 bridgehead atoms. The summed E-state index contributed by atoms with van der Waals surface area (Å²) in [6.07, 6.45) is 0. The number of allylic oxidation sites excluding steroid dienone is 1. The first-order chi connectivity index (χ1) is 6.41. The molecule has 0 radical (unpaired) electrons. The molecule has 0 aliphatic carbocycles. The van der Waals surface area contributed by atoms with Gasteiger partial charge in [-0.3, -0.25) is 0 Å². The quantitative estimate of drug-likeness (QED) is 0.323. The molecule has 5 heteroatoms. The first-order valence-electron chi connectivity index (χ1n) is 4.31. The molecule has 0 aliphatic rings. The number of rotatable bonds is 4. The predicted molar refractivity (Wildman–Crippen MR) is 61.2 cm³/mol. The summed E-state index contributed by atoms with van der Waals surface area (Å²) in [7, 11) is 7.34. The minimum atomic E-state index is 0.491. The molecule has 0 rings (SSSR count). The minimum absolute atomic E-state index is 0.491. The Labute approximate surface area is 95.6 Å². The molecule has 0 aromatic heterocycles. The lowest BCUT2D eigenvalue weighted by Gasteiger charge is -2.14. The zero-order valence-corrected chi connectivity index (χ0v) is 10.8. The van der Waals surface area contributed by atoms with Crippen molar-refractivity contribution in [2.24, 2.45) is 0 Å². The van der Waals surface area contributed by atoms with Crippen molar-refractivity contribution in [2.45, 2.75) is 6.92 Å². The van der Waals surface area contributed by atoms with E-state index in [0.29, 0.717) is 22.7 Å². The van der Waals surface area contributed by atoms with Crippen LogP contribution < -0.4 is 0 Å². The van der Waals surface area contributed by atoms with Crippen LogP contribution in [-0.2, 0) is 4.74 Å². The van der Waals surface area contributed by atoms with Crippen molar-refractivity contribution >= 4 is 28.4 Å². The second-order valence-electron chi connectivity index (χ2n) is 3.13. The van der Waals surface area contributed by atoms with E-state index in [-0.39, 0.29) is 0 Å². The average Bonchev–Trinajstić information content (AvgIpc) is 2.11. The summed E-state index contributed by atoms with van der Waals surface area (Å²) in [5.74, 6) is 0.505. The fourth-order valence-corrected chi connectivity index (χ4v) is 1.09. The van der Waals surface area contributed by atoms with Gasteiger partial charge in [0, 0.05) is 14.1 Å². The number of hydrogen-bond donors (Lipinski definition) is 0. The van der Waals surface area contributed by atoms with E-state index in [1.54, 1.807) is 9.48 Å². The van der Waals surface area contributed by atoms with Gasteiger partial charge in [0.2, 0.25) is 5.76 Å². The van der Waals surface area contributed by atoms with E-state index in [0.717, 1.165) is 0 Å². The van der Waals surface area contributed by atoms with Crippen molar-refractivity contribution in [1.82, 2.24) is 4.90 Å². The highest BCUT2D eigenvalue weighted by Crippen LogP contribution is 2.16. The Morgan fingerprint density at radius 1 is 1.29 bits per heavy atom. The van der Waals surface area contributed by atoms with Crippen molar-refractivity contribution < 1.29 is 9.31 Å². The highest BCUT2D eigenvalue weighted by molar-refractivity contribution is 6.68. The van der Waals surface area contributed by atoms with Gasteiger partial charge in [0.15, 0.2) is 5.16 Å². The lowest BCUT2D eigenvalue weighted by atomic mass is 10.5. The molecule has 0 aromatic rings. The topological polar surface area (TPSA) is 15.5 Å². The van der Waals surface area contributed by atoms with Crippen LogP contribution in [0.3, 0.4) is 0 Å². The van der Waals surface area contributed by atoms with Crippen LogP contribution in [0.25, 0.3) is 0 Å². The van der Waals surface area contributed by atoms with Crippen LogP contribution in [0.4, 0.5) is 0 Å². The molecule has 0 atom stereocenters. The Morgan fingerprint density at radius 3 is 2.07 bits per heavy atom. The van der Waals surface area contributed by atoms with E-state index in [9.17, 15) is 0 Å². The molecule has 82 valence electrons. The maximum Gasteiger partial charge on any atom is 0.315 e. The van der Waals surface area contributed by atoms with Gasteiger partial charge in [0.05, 0.1) is 6.61 Å². The maximum atomic E-state index is 6.05. The molecule has 0 unspecified atom stereocenters. The van der Waals surface area contributed by atoms with E-state index >= 15 is 0 Å². The summed E-state index contributed by atoms with van der Waals surface area (Å²) in [6, 6.07) is 0. The Morgan fingerprint density at radius 2 is 1.79 bits per heavy atom. The van der Waals surface area contributed by atoms with Crippen LogP contribution in [0.2, 0.25) is 0 Å². The first-order valence-corrected chi connectivity index (χ1v) is 5.07. The highest BCUT2D eigenvalue weighted by atomic mass is 35.5. The molecule has 0 saturated carbocycles.